The summed E-state index contributed by atoms with van der Waals surface area (Å²) in [7, 11) is 3.00. The minimum Gasteiger partial charge on any atom is -0.496 e. The van der Waals surface area contributed by atoms with Gasteiger partial charge in [0.05, 0.1) is 19.9 Å². The zero-order valence-electron chi connectivity index (χ0n) is 13.2. The number of aromatic nitrogens is 1. The molecule has 0 saturated heterocycles. The SMILES string of the molecule is CCC(C)c1cc(NC(=O)c2c(OC)cccc2OC)on1. The van der Waals surface area contributed by atoms with Crippen LogP contribution in [0.3, 0.4) is 0 Å². The van der Waals surface area contributed by atoms with Crippen molar-refractivity contribution in [1.29, 1.82) is 0 Å². The van der Waals surface area contributed by atoms with Crippen LogP contribution in [0.1, 0.15) is 42.2 Å². The highest BCUT2D eigenvalue weighted by atomic mass is 16.5. The fourth-order valence-electron chi connectivity index (χ4n) is 2.04. The van der Waals surface area contributed by atoms with E-state index in [9.17, 15) is 4.79 Å². The molecule has 1 aromatic carbocycles. The van der Waals surface area contributed by atoms with E-state index in [4.69, 9.17) is 14.0 Å². The molecule has 0 aliphatic heterocycles. The van der Waals surface area contributed by atoms with Crippen molar-refractivity contribution in [3.8, 4) is 11.5 Å². The van der Waals surface area contributed by atoms with Gasteiger partial charge in [-0.05, 0) is 18.6 Å². The smallest absolute Gasteiger partial charge is 0.265 e. The first kappa shape index (κ1) is 15.9. The van der Waals surface area contributed by atoms with E-state index in [1.165, 1.54) is 14.2 Å². The molecule has 1 aromatic heterocycles. The summed E-state index contributed by atoms with van der Waals surface area (Å²) >= 11 is 0. The zero-order chi connectivity index (χ0) is 16.1. The van der Waals surface area contributed by atoms with Crippen molar-refractivity contribution in [2.45, 2.75) is 26.2 Å². The van der Waals surface area contributed by atoms with Crippen LogP contribution in [-0.2, 0) is 0 Å². The van der Waals surface area contributed by atoms with Gasteiger partial charge in [-0.1, -0.05) is 25.1 Å². The number of carbonyl (C=O) groups is 1. The lowest BCUT2D eigenvalue weighted by Crippen LogP contribution is -2.14. The maximum atomic E-state index is 12.5. The molecule has 22 heavy (non-hydrogen) atoms. The summed E-state index contributed by atoms with van der Waals surface area (Å²) in [5, 5.41) is 6.65. The molecule has 0 aliphatic rings. The number of nitrogens with zero attached hydrogens (tertiary/aromatic N) is 1. The van der Waals surface area contributed by atoms with Crippen molar-refractivity contribution < 1.29 is 18.8 Å². The van der Waals surface area contributed by atoms with E-state index in [1.807, 2.05) is 6.92 Å². The van der Waals surface area contributed by atoms with E-state index in [1.54, 1.807) is 24.3 Å². The minimum atomic E-state index is -0.374. The van der Waals surface area contributed by atoms with E-state index in [2.05, 4.69) is 17.4 Å². The summed E-state index contributed by atoms with van der Waals surface area (Å²) in [4.78, 5) is 12.5. The summed E-state index contributed by atoms with van der Waals surface area (Å²) < 4.78 is 15.6. The highest BCUT2D eigenvalue weighted by Crippen LogP contribution is 2.29. The molecule has 6 nitrogen and oxygen atoms in total. The third kappa shape index (κ3) is 3.21. The predicted molar refractivity (Wildman–Crippen MR) is 82.7 cm³/mol. The number of nitrogens with one attached hydrogen (secondary N) is 1. The van der Waals surface area contributed by atoms with E-state index >= 15 is 0 Å². The number of amides is 1. The first-order valence-electron chi connectivity index (χ1n) is 7.09. The molecule has 0 spiro atoms. The van der Waals surface area contributed by atoms with Crippen molar-refractivity contribution in [2.24, 2.45) is 0 Å². The third-order valence-corrected chi connectivity index (χ3v) is 3.54. The van der Waals surface area contributed by atoms with Crippen LogP contribution < -0.4 is 14.8 Å². The molecule has 1 atom stereocenters. The Morgan fingerprint density at radius 1 is 1.32 bits per heavy atom. The third-order valence-electron chi connectivity index (χ3n) is 3.54. The predicted octanol–water partition coefficient (Wildman–Crippen LogP) is 3.46. The van der Waals surface area contributed by atoms with Crippen LogP contribution in [0.2, 0.25) is 0 Å². The van der Waals surface area contributed by atoms with Gasteiger partial charge < -0.3 is 14.0 Å². The molecule has 1 unspecified atom stereocenters. The monoisotopic (exact) mass is 304 g/mol. The first-order chi connectivity index (χ1) is 10.6. The fourth-order valence-corrected chi connectivity index (χ4v) is 2.04. The van der Waals surface area contributed by atoms with Crippen LogP contribution >= 0.6 is 0 Å². The average Bonchev–Trinajstić information content (AvgIpc) is 3.01. The Bertz CT molecular complexity index is 629. The molecule has 0 aliphatic carbocycles. The highest BCUT2D eigenvalue weighted by Gasteiger charge is 2.20. The second kappa shape index (κ2) is 6.98. The van der Waals surface area contributed by atoms with Gasteiger partial charge in [0.1, 0.15) is 17.1 Å². The zero-order valence-corrected chi connectivity index (χ0v) is 13.2. The molecule has 2 aromatic rings. The Morgan fingerprint density at radius 3 is 2.50 bits per heavy atom. The molecule has 6 heteroatoms. The Hall–Kier alpha value is -2.50. The molecule has 0 bridgehead atoms. The Labute approximate surface area is 129 Å². The molecule has 118 valence electrons. The second-order valence-corrected chi connectivity index (χ2v) is 4.92. The van der Waals surface area contributed by atoms with Crippen molar-refractivity contribution in [2.75, 3.05) is 19.5 Å². The summed E-state index contributed by atoms with van der Waals surface area (Å²) in [6.45, 7) is 4.12. The van der Waals surface area contributed by atoms with E-state index in [0.29, 0.717) is 22.9 Å². The number of carbonyl (C=O) groups excluding carboxylic acids is 1. The molecule has 1 N–H and O–H groups in total. The lowest BCUT2D eigenvalue weighted by Gasteiger charge is -2.11. The average molecular weight is 304 g/mol. The van der Waals surface area contributed by atoms with Gasteiger partial charge in [0.25, 0.3) is 5.91 Å². The summed E-state index contributed by atoms with van der Waals surface area (Å²) in [5.74, 6) is 1.06. The molecule has 1 amide bonds. The van der Waals surface area contributed by atoms with Gasteiger partial charge in [-0.15, -0.1) is 0 Å². The van der Waals surface area contributed by atoms with Gasteiger partial charge in [0.15, 0.2) is 0 Å². The summed E-state index contributed by atoms with van der Waals surface area (Å²) in [6, 6.07) is 6.88. The van der Waals surface area contributed by atoms with Crippen LogP contribution in [-0.4, -0.2) is 25.3 Å². The standard InChI is InChI=1S/C16H20N2O4/c1-5-10(2)11-9-14(22-18-11)17-16(19)15-12(20-3)7-6-8-13(15)21-4/h6-10H,5H2,1-4H3,(H,17,19). The number of anilines is 1. The van der Waals surface area contributed by atoms with Crippen LogP contribution in [0.15, 0.2) is 28.8 Å². The van der Waals surface area contributed by atoms with E-state index < -0.39 is 0 Å². The second-order valence-electron chi connectivity index (χ2n) is 4.92. The quantitative estimate of drug-likeness (QED) is 0.884. The molecule has 2 rings (SSSR count). The molecule has 0 saturated carbocycles. The largest absolute Gasteiger partial charge is 0.496 e. The first-order valence-corrected chi connectivity index (χ1v) is 7.09. The molecule has 0 radical (unpaired) electrons. The van der Waals surface area contributed by atoms with Crippen LogP contribution in [0.25, 0.3) is 0 Å². The number of ether oxygens (including phenoxy) is 2. The van der Waals surface area contributed by atoms with Crippen LogP contribution in [0.4, 0.5) is 5.88 Å². The Balaban J connectivity index is 2.24. The van der Waals surface area contributed by atoms with Gasteiger partial charge in [-0.25, -0.2) is 0 Å². The highest BCUT2D eigenvalue weighted by molar-refractivity contribution is 6.07. The van der Waals surface area contributed by atoms with Gasteiger partial charge in [0.2, 0.25) is 5.88 Å². The van der Waals surface area contributed by atoms with Crippen molar-refractivity contribution in [1.82, 2.24) is 5.16 Å². The van der Waals surface area contributed by atoms with Crippen LogP contribution in [0, 0.1) is 0 Å². The van der Waals surface area contributed by atoms with Gasteiger partial charge in [-0.3, -0.25) is 10.1 Å². The van der Waals surface area contributed by atoms with Gasteiger partial charge in [0, 0.05) is 12.0 Å². The summed E-state index contributed by atoms with van der Waals surface area (Å²) in [5.41, 5.74) is 1.12. The molecule has 1 heterocycles. The van der Waals surface area contributed by atoms with Gasteiger partial charge in [-0.2, -0.15) is 0 Å². The number of methoxy groups -OCH3 is 2. The fraction of sp³-hybridized carbons (Fsp3) is 0.375. The van der Waals surface area contributed by atoms with Crippen molar-refractivity contribution in [3.63, 3.8) is 0 Å². The lowest BCUT2D eigenvalue weighted by molar-refractivity contribution is 0.101. The van der Waals surface area contributed by atoms with E-state index in [0.717, 1.165) is 12.1 Å². The lowest BCUT2D eigenvalue weighted by atomic mass is 10.1. The van der Waals surface area contributed by atoms with Gasteiger partial charge >= 0.3 is 0 Å². The number of rotatable bonds is 6. The van der Waals surface area contributed by atoms with E-state index in [-0.39, 0.29) is 11.8 Å². The van der Waals surface area contributed by atoms with Crippen molar-refractivity contribution in [3.05, 3.63) is 35.5 Å². The molecular formula is C16H20N2O4. The summed E-state index contributed by atoms with van der Waals surface area (Å²) in [6.07, 6.45) is 0.945. The molecule has 0 fully saturated rings. The normalized spacial score (nSPS) is 11.8. The number of benzene rings is 1. The topological polar surface area (TPSA) is 73.6 Å². The van der Waals surface area contributed by atoms with Crippen LogP contribution in [0.5, 0.6) is 11.5 Å². The Kier molecular flexibility index (Phi) is 5.04. The number of hydrogen-bond donors (Lipinski definition) is 1. The van der Waals surface area contributed by atoms with Crippen molar-refractivity contribution >= 4 is 11.8 Å². The molecular weight excluding hydrogens is 284 g/mol. The maximum Gasteiger partial charge on any atom is 0.265 e. The maximum absolute atomic E-state index is 12.5. The number of hydrogen-bond acceptors (Lipinski definition) is 5. The Morgan fingerprint density at radius 2 is 1.95 bits per heavy atom. The minimum absolute atomic E-state index is 0.273.